The molecule has 3 heterocycles. The average molecular weight is 302 g/mol. The predicted molar refractivity (Wildman–Crippen MR) is 83.1 cm³/mol. The number of hydrogen-bond donors (Lipinski definition) is 1. The minimum Gasteiger partial charge on any atom is -0.384 e. The van der Waals surface area contributed by atoms with Crippen molar-refractivity contribution < 1.29 is 9.59 Å². The molecule has 0 radical (unpaired) electrons. The monoisotopic (exact) mass is 302 g/mol. The summed E-state index contributed by atoms with van der Waals surface area (Å²) >= 11 is 0. The van der Waals surface area contributed by atoms with Gasteiger partial charge in [-0.15, -0.1) is 0 Å². The molecule has 2 aliphatic heterocycles. The number of carbonyl (C=O) groups excluding carboxylic acids is 2. The Morgan fingerprint density at radius 2 is 2.18 bits per heavy atom. The topological polar surface area (TPSA) is 79.5 Å². The molecular formula is C16H22N4O2. The van der Waals surface area contributed by atoms with Gasteiger partial charge in [-0.1, -0.05) is 0 Å². The van der Waals surface area contributed by atoms with Gasteiger partial charge in [-0.25, -0.2) is 4.98 Å². The summed E-state index contributed by atoms with van der Waals surface area (Å²) in [5.74, 6) is 0.622. The number of fused-ring (bicyclic) bond motifs is 1. The highest BCUT2D eigenvalue weighted by molar-refractivity contribution is 5.94. The fourth-order valence-electron chi connectivity index (χ4n) is 3.70. The van der Waals surface area contributed by atoms with Crippen molar-refractivity contribution in [2.45, 2.75) is 44.7 Å². The molecule has 0 aliphatic carbocycles. The van der Waals surface area contributed by atoms with Gasteiger partial charge in [0, 0.05) is 25.7 Å². The van der Waals surface area contributed by atoms with Crippen LogP contribution in [0.25, 0.3) is 0 Å². The molecule has 0 unspecified atom stereocenters. The number of likely N-dealkylation sites (N-methyl/N-ethyl adjacent to an activating group) is 1. The molecule has 6 heteroatoms. The van der Waals surface area contributed by atoms with E-state index in [4.69, 9.17) is 5.73 Å². The van der Waals surface area contributed by atoms with Crippen molar-refractivity contribution in [3.05, 3.63) is 23.9 Å². The van der Waals surface area contributed by atoms with E-state index in [1.54, 1.807) is 12.1 Å². The molecule has 2 aliphatic rings. The highest BCUT2D eigenvalue weighted by Gasteiger charge is 2.42. The summed E-state index contributed by atoms with van der Waals surface area (Å²) in [4.78, 5) is 32.8. The Hall–Kier alpha value is -2.11. The van der Waals surface area contributed by atoms with Crippen LogP contribution in [-0.2, 0) is 4.79 Å². The molecular weight excluding hydrogens is 280 g/mol. The lowest BCUT2D eigenvalue weighted by molar-refractivity contribution is -0.132. The van der Waals surface area contributed by atoms with Crippen molar-refractivity contribution in [2.24, 2.45) is 0 Å². The Bertz CT molecular complexity index is 572. The van der Waals surface area contributed by atoms with Crippen molar-refractivity contribution in [1.82, 2.24) is 14.8 Å². The molecule has 2 N–H and O–H groups in total. The number of aromatic nitrogens is 1. The van der Waals surface area contributed by atoms with Gasteiger partial charge in [0.25, 0.3) is 5.91 Å². The summed E-state index contributed by atoms with van der Waals surface area (Å²) in [5, 5.41) is 0. The molecule has 6 nitrogen and oxygen atoms in total. The quantitative estimate of drug-likeness (QED) is 0.892. The Kier molecular flexibility index (Phi) is 4.00. The summed E-state index contributed by atoms with van der Waals surface area (Å²) in [6.45, 7) is 3.42. The lowest BCUT2D eigenvalue weighted by Gasteiger charge is -2.32. The Balaban J connectivity index is 1.82. The van der Waals surface area contributed by atoms with Gasteiger partial charge in [0.05, 0.1) is 17.6 Å². The molecule has 2 saturated heterocycles. The van der Waals surface area contributed by atoms with E-state index in [-0.39, 0.29) is 23.9 Å². The number of likely N-dealkylation sites (tertiary alicyclic amines) is 2. The van der Waals surface area contributed by atoms with Crippen molar-refractivity contribution in [1.29, 1.82) is 0 Å². The zero-order valence-corrected chi connectivity index (χ0v) is 12.9. The molecule has 22 heavy (non-hydrogen) atoms. The van der Waals surface area contributed by atoms with E-state index < -0.39 is 0 Å². The van der Waals surface area contributed by atoms with E-state index >= 15 is 0 Å². The van der Waals surface area contributed by atoms with E-state index in [1.807, 2.05) is 16.7 Å². The fourth-order valence-corrected chi connectivity index (χ4v) is 3.70. The third kappa shape index (κ3) is 2.53. The second kappa shape index (κ2) is 5.94. The van der Waals surface area contributed by atoms with Crippen LogP contribution in [0.2, 0.25) is 0 Å². The van der Waals surface area contributed by atoms with Crippen molar-refractivity contribution in [2.75, 3.05) is 18.8 Å². The fraction of sp³-hybridized carbons (Fsp3) is 0.562. The zero-order valence-electron chi connectivity index (χ0n) is 12.9. The highest BCUT2D eigenvalue weighted by atomic mass is 16.2. The summed E-state index contributed by atoms with van der Waals surface area (Å²) in [6, 6.07) is 3.65. The van der Waals surface area contributed by atoms with Crippen LogP contribution in [0.5, 0.6) is 0 Å². The van der Waals surface area contributed by atoms with E-state index in [0.29, 0.717) is 30.9 Å². The lowest BCUT2D eigenvalue weighted by Crippen LogP contribution is -2.47. The molecule has 0 saturated carbocycles. The van der Waals surface area contributed by atoms with Crippen molar-refractivity contribution in [3.63, 3.8) is 0 Å². The molecule has 1 aromatic rings. The number of amides is 2. The molecule has 2 amide bonds. The lowest BCUT2D eigenvalue weighted by atomic mass is 10.0. The molecule has 1 aromatic heterocycles. The number of nitrogen functional groups attached to an aromatic ring is 1. The van der Waals surface area contributed by atoms with Gasteiger partial charge in [-0.3, -0.25) is 9.59 Å². The van der Waals surface area contributed by atoms with Gasteiger partial charge in [0.2, 0.25) is 5.91 Å². The molecule has 3 rings (SSSR count). The molecule has 0 spiro atoms. The first kappa shape index (κ1) is 14.8. The van der Waals surface area contributed by atoms with E-state index in [9.17, 15) is 9.59 Å². The number of nitrogens with zero attached hydrogens (tertiary/aromatic N) is 3. The normalized spacial score (nSPS) is 25.0. The van der Waals surface area contributed by atoms with Crippen LogP contribution >= 0.6 is 0 Å². The second-order valence-corrected chi connectivity index (χ2v) is 5.97. The number of nitrogens with two attached hydrogens (primary N) is 1. The molecule has 118 valence electrons. The summed E-state index contributed by atoms with van der Waals surface area (Å²) < 4.78 is 0. The van der Waals surface area contributed by atoms with Crippen molar-refractivity contribution in [3.8, 4) is 0 Å². The smallest absolute Gasteiger partial charge is 0.255 e. The van der Waals surface area contributed by atoms with Gasteiger partial charge < -0.3 is 15.5 Å². The standard InChI is InChI=1S/C16H22N4O2/c1-2-19-13-8-9-20(12(13)4-3-5-15(19)21)16(22)11-6-7-14(17)18-10-11/h6-7,10,12-13H,2-5,8-9H2,1H3,(H2,17,18)/t12-,13-/m1/s1. The minimum atomic E-state index is -0.00889. The van der Waals surface area contributed by atoms with Gasteiger partial charge in [0.15, 0.2) is 0 Å². The second-order valence-electron chi connectivity index (χ2n) is 5.97. The van der Waals surface area contributed by atoms with E-state index in [1.165, 1.54) is 6.20 Å². The summed E-state index contributed by atoms with van der Waals surface area (Å²) in [7, 11) is 0. The average Bonchev–Trinajstić information content (AvgIpc) is 2.85. The first-order chi connectivity index (χ1) is 10.6. The number of carbonyl (C=O) groups is 2. The SMILES string of the molecule is CCN1C(=O)CCC[C@@H]2[C@H]1CCN2C(=O)c1ccc(N)nc1. The molecule has 0 bridgehead atoms. The molecule has 2 fully saturated rings. The number of rotatable bonds is 2. The summed E-state index contributed by atoms with van der Waals surface area (Å²) in [6.07, 6.45) is 4.72. The maximum absolute atomic E-state index is 12.7. The minimum absolute atomic E-state index is 0.00889. The largest absolute Gasteiger partial charge is 0.384 e. The van der Waals surface area contributed by atoms with Crippen LogP contribution in [0.15, 0.2) is 18.3 Å². The van der Waals surface area contributed by atoms with Crippen LogP contribution in [0.1, 0.15) is 43.0 Å². The predicted octanol–water partition coefficient (Wildman–Crippen LogP) is 1.28. The van der Waals surface area contributed by atoms with Crippen molar-refractivity contribution >= 4 is 17.6 Å². The van der Waals surface area contributed by atoms with Crippen LogP contribution in [0, 0.1) is 0 Å². The number of pyridine rings is 1. The van der Waals surface area contributed by atoms with Crippen LogP contribution in [-0.4, -0.2) is 51.8 Å². The number of hydrogen-bond acceptors (Lipinski definition) is 4. The maximum atomic E-state index is 12.7. The first-order valence-corrected chi connectivity index (χ1v) is 7.93. The zero-order chi connectivity index (χ0) is 15.7. The highest BCUT2D eigenvalue weighted by Crippen LogP contribution is 2.31. The molecule has 2 atom stereocenters. The Morgan fingerprint density at radius 1 is 1.36 bits per heavy atom. The first-order valence-electron chi connectivity index (χ1n) is 7.93. The van der Waals surface area contributed by atoms with E-state index in [0.717, 1.165) is 19.3 Å². The van der Waals surface area contributed by atoms with Crippen LogP contribution in [0.3, 0.4) is 0 Å². The Morgan fingerprint density at radius 3 is 2.86 bits per heavy atom. The molecule has 0 aromatic carbocycles. The Labute approximate surface area is 130 Å². The maximum Gasteiger partial charge on any atom is 0.255 e. The van der Waals surface area contributed by atoms with Gasteiger partial charge in [0.1, 0.15) is 5.82 Å². The third-order valence-corrected chi connectivity index (χ3v) is 4.76. The third-order valence-electron chi connectivity index (χ3n) is 4.76. The van der Waals surface area contributed by atoms with Gasteiger partial charge in [-0.05, 0) is 38.3 Å². The van der Waals surface area contributed by atoms with Gasteiger partial charge in [-0.2, -0.15) is 0 Å². The van der Waals surface area contributed by atoms with E-state index in [2.05, 4.69) is 4.98 Å². The van der Waals surface area contributed by atoms with Crippen LogP contribution in [0.4, 0.5) is 5.82 Å². The summed E-state index contributed by atoms with van der Waals surface area (Å²) in [5.41, 5.74) is 6.14. The van der Waals surface area contributed by atoms with Gasteiger partial charge >= 0.3 is 0 Å². The van der Waals surface area contributed by atoms with Crippen LogP contribution < -0.4 is 5.73 Å². The number of anilines is 1.